The minimum atomic E-state index is -0.629. The fourth-order valence-corrected chi connectivity index (χ4v) is 5.18. The highest BCUT2D eigenvalue weighted by molar-refractivity contribution is 5.79. The number of aliphatic carboxylic acids is 1. The number of benzene rings is 1. The number of halogens is 1. The molecule has 2 heterocycles. The van der Waals surface area contributed by atoms with Crippen molar-refractivity contribution in [3.05, 3.63) is 29.7 Å². The molecule has 1 N–H and O–H groups in total. The molecule has 184 valence electrons. The number of likely N-dealkylation sites (tertiary alicyclic amines) is 1. The molecular weight excluding hydrogens is 419 g/mol. The zero-order chi connectivity index (χ0) is 23.6. The van der Waals surface area contributed by atoms with Crippen LogP contribution in [0, 0.1) is 17.7 Å². The Morgan fingerprint density at radius 2 is 1.91 bits per heavy atom. The predicted octanol–water partition coefficient (Wildman–Crippen LogP) is 7.01. The van der Waals surface area contributed by atoms with Crippen LogP contribution in [-0.4, -0.2) is 40.8 Å². The standard InChI is InChI=1S/C27H41FN2O3/c1-3-4-5-6-7-8-9-22(27(31)32)18-20(2)12-15-30-16-13-21(14-17-30)26-24-11-10-23(28)19-25(24)33-29-26/h10-11,19-22H,3-9,12-18H2,1-2H3,(H,31,32). The van der Waals surface area contributed by atoms with E-state index in [4.69, 9.17) is 4.52 Å². The number of unbranched alkanes of at least 4 members (excludes halogenated alkanes) is 5. The minimum Gasteiger partial charge on any atom is -0.481 e. The van der Waals surface area contributed by atoms with Crippen molar-refractivity contribution in [3.63, 3.8) is 0 Å². The summed E-state index contributed by atoms with van der Waals surface area (Å²) in [6.07, 6.45) is 11.9. The fourth-order valence-electron chi connectivity index (χ4n) is 5.18. The molecule has 2 atom stereocenters. The van der Waals surface area contributed by atoms with E-state index in [-0.39, 0.29) is 11.7 Å². The summed E-state index contributed by atoms with van der Waals surface area (Å²) in [4.78, 5) is 14.2. The normalized spacial score (nSPS) is 17.4. The maximum atomic E-state index is 13.4. The summed E-state index contributed by atoms with van der Waals surface area (Å²) in [5.74, 6) is -0.373. The van der Waals surface area contributed by atoms with Crippen molar-refractivity contribution in [3.8, 4) is 0 Å². The Hall–Kier alpha value is -1.95. The van der Waals surface area contributed by atoms with Gasteiger partial charge in [-0.05, 0) is 69.8 Å². The Morgan fingerprint density at radius 1 is 1.18 bits per heavy atom. The van der Waals surface area contributed by atoms with Crippen LogP contribution in [0.3, 0.4) is 0 Å². The second-order valence-electron chi connectivity index (χ2n) is 10.0. The first kappa shape index (κ1) is 25.7. The number of hydrogen-bond donors (Lipinski definition) is 1. The largest absolute Gasteiger partial charge is 0.481 e. The maximum absolute atomic E-state index is 13.4. The van der Waals surface area contributed by atoms with Crippen LogP contribution in [0.2, 0.25) is 0 Å². The van der Waals surface area contributed by atoms with E-state index in [1.807, 2.05) is 0 Å². The molecule has 1 aliphatic heterocycles. The van der Waals surface area contributed by atoms with Gasteiger partial charge in [-0.25, -0.2) is 4.39 Å². The van der Waals surface area contributed by atoms with Crippen LogP contribution in [0.15, 0.2) is 22.7 Å². The molecule has 1 fully saturated rings. The molecule has 5 nitrogen and oxygen atoms in total. The first-order chi connectivity index (χ1) is 16.0. The molecule has 0 amide bonds. The number of carboxylic acids is 1. The Morgan fingerprint density at radius 3 is 2.64 bits per heavy atom. The van der Waals surface area contributed by atoms with Gasteiger partial charge < -0.3 is 14.5 Å². The van der Waals surface area contributed by atoms with Gasteiger partial charge in [0.2, 0.25) is 0 Å². The van der Waals surface area contributed by atoms with Gasteiger partial charge >= 0.3 is 5.97 Å². The van der Waals surface area contributed by atoms with Gasteiger partial charge in [-0.15, -0.1) is 0 Å². The maximum Gasteiger partial charge on any atom is 0.306 e. The molecule has 1 saturated heterocycles. The fraction of sp³-hybridized carbons (Fsp3) is 0.704. The zero-order valence-corrected chi connectivity index (χ0v) is 20.4. The van der Waals surface area contributed by atoms with Gasteiger partial charge in [0.1, 0.15) is 5.82 Å². The van der Waals surface area contributed by atoms with Gasteiger partial charge in [-0.2, -0.15) is 0 Å². The summed E-state index contributed by atoms with van der Waals surface area (Å²) in [5, 5.41) is 14.8. The lowest BCUT2D eigenvalue weighted by Gasteiger charge is -2.32. The monoisotopic (exact) mass is 460 g/mol. The number of carboxylic acid groups (broad SMARTS) is 1. The molecule has 0 aliphatic carbocycles. The molecule has 1 aromatic heterocycles. The lowest BCUT2D eigenvalue weighted by atomic mass is 9.88. The Kier molecular flexibility index (Phi) is 10.2. The van der Waals surface area contributed by atoms with E-state index in [0.717, 1.165) is 75.7 Å². The first-order valence-electron chi connectivity index (χ1n) is 13.0. The molecular formula is C27H41FN2O3. The van der Waals surface area contributed by atoms with Gasteiger partial charge in [0.15, 0.2) is 5.58 Å². The van der Waals surface area contributed by atoms with Crippen molar-refractivity contribution in [1.29, 1.82) is 0 Å². The van der Waals surface area contributed by atoms with Crippen LogP contribution in [0.4, 0.5) is 4.39 Å². The van der Waals surface area contributed by atoms with Crippen molar-refractivity contribution < 1.29 is 18.8 Å². The Balaban J connectivity index is 1.37. The summed E-state index contributed by atoms with van der Waals surface area (Å²) in [5.41, 5.74) is 1.48. The molecule has 1 aliphatic rings. The van der Waals surface area contributed by atoms with E-state index in [1.165, 1.54) is 37.8 Å². The van der Waals surface area contributed by atoms with Gasteiger partial charge in [-0.1, -0.05) is 57.5 Å². The van der Waals surface area contributed by atoms with Gasteiger partial charge in [-0.3, -0.25) is 4.79 Å². The second-order valence-corrected chi connectivity index (χ2v) is 10.0. The predicted molar refractivity (Wildman–Crippen MR) is 130 cm³/mol. The van der Waals surface area contributed by atoms with Gasteiger partial charge in [0.25, 0.3) is 0 Å². The van der Waals surface area contributed by atoms with Gasteiger partial charge in [0, 0.05) is 17.4 Å². The Labute approximate surface area is 197 Å². The van der Waals surface area contributed by atoms with Crippen LogP contribution >= 0.6 is 0 Å². The number of aromatic nitrogens is 1. The summed E-state index contributed by atoms with van der Waals surface area (Å²) in [6.45, 7) is 7.44. The van der Waals surface area contributed by atoms with Crippen molar-refractivity contribution in [1.82, 2.24) is 10.1 Å². The zero-order valence-electron chi connectivity index (χ0n) is 20.4. The van der Waals surface area contributed by atoms with E-state index in [2.05, 4.69) is 23.9 Å². The number of piperidine rings is 1. The van der Waals surface area contributed by atoms with Crippen LogP contribution in [0.1, 0.15) is 96.1 Å². The second kappa shape index (κ2) is 13.1. The third-order valence-electron chi connectivity index (χ3n) is 7.32. The number of hydrogen-bond acceptors (Lipinski definition) is 4. The quantitative estimate of drug-likeness (QED) is 0.307. The number of rotatable bonds is 14. The highest BCUT2D eigenvalue weighted by atomic mass is 19.1. The molecule has 3 rings (SSSR count). The summed E-state index contributed by atoms with van der Waals surface area (Å²) in [6, 6.07) is 4.64. The van der Waals surface area contributed by atoms with Crippen LogP contribution in [-0.2, 0) is 4.79 Å². The van der Waals surface area contributed by atoms with Crippen molar-refractivity contribution in [2.45, 2.75) is 90.4 Å². The van der Waals surface area contributed by atoms with Crippen molar-refractivity contribution in [2.24, 2.45) is 11.8 Å². The average Bonchev–Trinajstić information content (AvgIpc) is 3.22. The number of carbonyl (C=O) groups is 1. The molecule has 2 aromatic rings. The average molecular weight is 461 g/mol. The summed E-state index contributed by atoms with van der Waals surface area (Å²) < 4.78 is 18.7. The molecule has 0 saturated carbocycles. The highest BCUT2D eigenvalue weighted by Gasteiger charge is 2.26. The van der Waals surface area contributed by atoms with E-state index < -0.39 is 5.97 Å². The molecule has 1 aromatic carbocycles. The van der Waals surface area contributed by atoms with Crippen LogP contribution < -0.4 is 0 Å². The van der Waals surface area contributed by atoms with E-state index >= 15 is 0 Å². The lowest BCUT2D eigenvalue weighted by Crippen LogP contribution is -2.34. The topological polar surface area (TPSA) is 66.6 Å². The highest BCUT2D eigenvalue weighted by Crippen LogP contribution is 2.33. The molecule has 0 spiro atoms. The van der Waals surface area contributed by atoms with Gasteiger partial charge in [0.05, 0.1) is 11.6 Å². The third-order valence-corrected chi connectivity index (χ3v) is 7.32. The number of fused-ring (bicyclic) bond motifs is 1. The minimum absolute atomic E-state index is 0.206. The van der Waals surface area contributed by atoms with E-state index in [9.17, 15) is 14.3 Å². The first-order valence-corrected chi connectivity index (χ1v) is 13.0. The molecule has 6 heteroatoms. The van der Waals surface area contributed by atoms with Crippen molar-refractivity contribution in [2.75, 3.05) is 19.6 Å². The summed E-state index contributed by atoms with van der Waals surface area (Å²) in [7, 11) is 0. The molecule has 0 radical (unpaired) electrons. The summed E-state index contributed by atoms with van der Waals surface area (Å²) >= 11 is 0. The molecule has 0 bridgehead atoms. The van der Waals surface area contributed by atoms with Crippen LogP contribution in [0.25, 0.3) is 11.0 Å². The third kappa shape index (κ3) is 7.80. The molecule has 2 unspecified atom stereocenters. The lowest BCUT2D eigenvalue weighted by molar-refractivity contribution is -0.142. The van der Waals surface area contributed by atoms with Crippen molar-refractivity contribution >= 4 is 16.9 Å². The van der Waals surface area contributed by atoms with E-state index in [0.29, 0.717) is 17.4 Å². The Bertz CT molecular complexity index is 860. The van der Waals surface area contributed by atoms with E-state index in [1.54, 1.807) is 6.07 Å². The smallest absolute Gasteiger partial charge is 0.306 e. The SMILES string of the molecule is CCCCCCCCC(CC(C)CCN1CCC(c2noc3cc(F)ccc23)CC1)C(=O)O. The molecule has 33 heavy (non-hydrogen) atoms. The van der Waals surface area contributed by atoms with Crippen LogP contribution in [0.5, 0.6) is 0 Å². The number of nitrogens with zero attached hydrogens (tertiary/aromatic N) is 2.